The number of thioether (sulfide) groups is 1. The zero-order valence-electron chi connectivity index (χ0n) is 10.3. The maximum Gasteiger partial charge on any atom is 0.266 e. The van der Waals surface area contributed by atoms with Gasteiger partial charge < -0.3 is 4.74 Å². The molecule has 6 heteroatoms. The van der Waals surface area contributed by atoms with Gasteiger partial charge in [-0.15, -0.1) is 0 Å². The Bertz CT molecular complexity index is 545. The van der Waals surface area contributed by atoms with Crippen molar-refractivity contribution in [3.8, 4) is 0 Å². The summed E-state index contributed by atoms with van der Waals surface area (Å²) in [7, 11) is 1.61. The molecule has 0 atom stereocenters. The van der Waals surface area contributed by atoms with Gasteiger partial charge in [-0.3, -0.25) is 9.69 Å². The van der Waals surface area contributed by atoms with Gasteiger partial charge in [0.05, 0.1) is 18.1 Å². The van der Waals surface area contributed by atoms with E-state index in [0.29, 0.717) is 22.4 Å². The van der Waals surface area contributed by atoms with Gasteiger partial charge >= 0.3 is 0 Å². The fourth-order valence-corrected chi connectivity index (χ4v) is 3.35. The van der Waals surface area contributed by atoms with Crippen LogP contribution in [0.1, 0.15) is 5.56 Å². The van der Waals surface area contributed by atoms with Crippen LogP contribution in [0.3, 0.4) is 0 Å². The highest BCUT2D eigenvalue weighted by Crippen LogP contribution is 2.32. The number of rotatable bonds is 4. The van der Waals surface area contributed by atoms with Crippen LogP contribution < -0.4 is 0 Å². The molecule has 1 heterocycles. The van der Waals surface area contributed by atoms with Gasteiger partial charge in [-0.05, 0) is 23.8 Å². The molecule has 0 radical (unpaired) electrons. The number of amides is 1. The minimum absolute atomic E-state index is 0.0491. The Kier molecular flexibility index (Phi) is 5.15. The third-order valence-electron chi connectivity index (χ3n) is 2.54. The Morgan fingerprint density at radius 3 is 3.00 bits per heavy atom. The summed E-state index contributed by atoms with van der Waals surface area (Å²) in [6.45, 7) is 0.980. The topological polar surface area (TPSA) is 29.5 Å². The first-order chi connectivity index (χ1) is 9.11. The fourth-order valence-electron chi connectivity index (χ4n) is 1.62. The molecule has 1 amide bonds. The number of ether oxygens (including phenoxy) is 1. The van der Waals surface area contributed by atoms with Crippen molar-refractivity contribution in [3.63, 3.8) is 0 Å². The lowest BCUT2D eigenvalue weighted by atomic mass is 10.2. The Morgan fingerprint density at radius 2 is 2.32 bits per heavy atom. The van der Waals surface area contributed by atoms with Gasteiger partial charge in [-0.2, -0.15) is 0 Å². The molecule has 0 spiro atoms. The fraction of sp³-hybridized carbons (Fsp3) is 0.231. The van der Waals surface area contributed by atoms with Crippen molar-refractivity contribution in [2.45, 2.75) is 0 Å². The van der Waals surface area contributed by atoms with Crippen molar-refractivity contribution in [1.29, 1.82) is 0 Å². The minimum Gasteiger partial charge on any atom is -0.383 e. The van der Waals surface area contributed by atoms with Crippen LogP contribution in [0, 0.1) is 0 Å². The lowest BCUT2D eigenvalue weighted by Crippen LogP contribution is -2.31. The number of nitrogens with zero attached hydrogens (tertiary/aromatic N) is 1. The summed E-state index contributed by atoms with van der Waals surface area (Å²) in [6, 6.07) is 7.79. The van der Waals surface area contributed by atoms with Crippen molar-refractivity contribution in [3.05, 3.63) is 39.2 Å². The van der Waals surface area contributed by atoms with E-state index in [9.17, 15) is 4.79 Å². The number of benzene rings is 1. The zero-order valence-corrected chi connectivity index (χ0v) is 13.5. The standard InChI is InChI=1S/C13H12BrNO2S2/c1-17-6-5-15-12(16)11(19-13(15)18)8-9-3-2-4-10(14)7-9/h2-4,7-8H,5-6H2,1H3. The first-order valence-corrected chi connectivity index (χ1v) is 7.63. The van der Waals surface area contributed by atoms with Crippen molar-refractivity contribution in [2.24, 2.45) is 0 Å². The summed E-state index contributed by atoms with van der Waals surface area (Å²) in [5, 5.41) is 0. The predicted molar refractivity (Wildman–Crippen MR) is 85.9 cm³/mol. The molecule has 1 aliphatic rings. The van der Waals surface area contributed by atoms with Crippen LogP contribution in [0.15, 0.2) is 33.6 Å². The van der Waals surface area contributed by atoms with Crippen LogP contribution in [0.5, 0.6) is 0 Å². The molecule has 0 N–H and O–H groups in total. The molecule has 1 saturated heterocycles. The number of halogens is 1. The second kappa shape index (κ2) is 6.65. The first-order valence-electron chi connectivity index (χ1n) is 5.61. The highest BCUT2D eigenvalue weighted by molar-refractivity contribution is 9.10. The molecular weight excluding hydrogens is 346 g/mol. The van der Waals surface area contributed by atoms with Crippen LogP contribution in [-0.2, 0) is 9.53 Å². The molecule has 0 unspecified atom stereocenters. The van der Waals surface area contributed by atoms with Gasteiger partial charge in [0.1, 0.15) is 4.32 Å². The lowest BCUT2D eigenvalue weighted by molar-refractivity contribution is -0.122. The molecule has 0 aromatic heterocycles. The summed E-state index contributed by atoms with van der Waals surface area (Å²) < 4.78 is 6.55. The Morgan fingerprint density at radius 1 is 1.53 bits per heavy atom. The van der Waals surface area contributed by atoms with Gasteiger partial charge in [0.15, 0.2) is 0 Å². The van der Waals surface area contributed by atoms with Crippen LogP contribution >= 0.6 is 39.9 Å². The molecule has 19 heavy (non-hydrogen) atoms. The molecule has 0 bridgehead atoms. The highest BCUT2D eigenvalue weighted by Gasteiger charge is 2.31. The SMILES string of the molecule is COCCN1C(=O)C(=Cc2cccc(Br)c2)SC1=S. The van der Waals surface area contributed by atoms with E-state index in [0.717, 1.165) is 10.0 Å². The summed E-state index contributed by atoms with van der Waals surface area (Å²) in [5.74, 6) is -0.0491. The van der Waals surface area contributed by atoms with E-state index >= 15 is 0 Å². The number of hydrogen-bond donors (Lipinski definition) is 0. The summed E-state index contributed by atoms with van der Waals surface area (Å²) in [6.07, 6.45) is 1.86. The Hall–Kier alpha value is -0.690. The number of thiocarbonyl (C=S) groups is 1. The van der Waals surface area contributed by atoms with E-state index in [1.165, 1.54) is 11.8 Å². The van der Waals surface area contributed by atoms with Crippen molar-refractivity contribution in [1.82, 2.24) is 4.90 Å². The molecule has 0 saturated carbocycles. The maximum atomic E-state index is 12.2. The van der Waals surface area contributed by atoms with Gasteiger partial charge in [0, 0.05) is 11.6 Å². The van der Waals surface area contributed by atoms with Crippen LogP contribution in [0.4, 0.5) is 0 Å². The summed E-state index contributed by atoms with van der Waals surface area (Å²) in [5.41, 5.74) is 0.974. The third kappa shape index (κ3) is 3.66. The van der Waals surface area contributed by atoms with Crippen molar-refractivity contribution >= 4 is 56.2 Å². The van der Waals surface area contributed by atoms with Gasteiger partial charge in [0.2, 0.25) is 0 Å². The van der Waals surface area contributed by atoms with Gasteiger partial charge in [-0.25, -0.2) is 0 Å². The number of methoxy groups -OCH3 is 1. The second-order valence-electron chi connectivity index (χ2n) is 3.88. The van der Waals surface area contributed by atoms with E-state index in [2.05, 4.69) is 15.9 Å². The first kappa shape index (κ1) is 14.7. The number of hydrogen-bond acceptors (Lipinski definition) is 4. The molecule has 2 rings (SSSR count). The molecule has 1 aromatic carbocycles. The average Bonchev–Trinajstić information content (AvgIpc) is 2.62. The monoisotopic (exact) mass is 357 g/mol. The Balaban J connectivity index is 2.18. The summed E-state index contributed by atoms with van der Waals surface area (Å²) in [4.78, 5) is 14.4. The highest BCUT2D eigenvalue weighted by atomic mass is 79.9. The summed E-state index contributed by atoms with van der Waals surface area (Å²) >= 11 is 9.95. The molecule has 1 aliphatic heterocycles. The average molecular weight is 358 g/mol. The van der Waals surface area contributed by atoms with Crippen LogP contribution in [0.25, 0.3) is 6.08 Å². The maximum absolute atomic E-state index is 12.2. The van der Waals surface area contributed by atoms with E-state index in [1.54, 1.807) is 12.0 Å². The van der Waals surface area contributed by atoms with E-state index < -0.39 is 0 Å². The molecule has 0 aliphatic carbocycles. The van der Waals surface area contributed by atoms with E-state index in [4.69, 9.17) is 17.0 Å². The third-order valence-corrected chi connectivity index (χ3v) is 4.41. The van der Waals surface area contributed by atoms with Gasteiger partial charge in [-0.1, -0.05) is 52.0 Å². The quantitative estimate of drug-likeness (QED) is 0.610. The predicted octanol–water partition coefficient (Wildman–Crippen LogP) is 3.30. The van der Waals surface area contributed by atoms with Crippen LogP contribution in [-0.4, -0.2) is 35.4 Å². The Labute approximate surface area is 130 Å². The van der Waals surface area contributed by atoms with Crippen molar-refractivity contribution in [2.75, 3.05) is 20.3 Å². The molecular formula is C13H12BrNO2S2. The molecule has 3 nitrogen and oxygen atoms in total. The van der Waals surface area contributed by atoms with Gasteiger partial charge in [0.25, 0.3) is 5.91 Å². The zero-order chi connectivity index (χ0) is 13.8. The lowest BCUT2D eigenvalue weighted by Gasteiger charge is -2.12. The molecule has 100 valence electrons. The number of carbonyl (C=O) groups excluding carboxylic acids is 1. The molecule has 1 fully saturated rings. The van der Waals surface area contributed by atoms with E-state index in [-0.39, 0.29) is 5.91 Å². The smallest absolute Gasteiger partial charge is 0.266 e. The van der Waals surface area contributed by atoms with Crippen LogP contribution in [0.2, 0.25) is 0 Å². The van der Waals surface area contributed by atoms with E-state index in [1.807, 2.05) is 30.3 Å². The normalized spacial score (nSPS) is 17.6. The van der Waals surface area contributed by atoms with Crippen molar-refractivity contribution < 1.29 is 9.53 Å². The molecule has 1 aromatic rings. The minimum atomic E-state index is -0.0491. The largest absolute Gasteiger partial charge is 0.383 e. The number of carbonyl (C=O) groups is 1. The second-order valence-corrected chi connectivity index (χ2v) is 6.47.